The average Bonchev–Trinajstić information content (AvgIpc) is 2.96. The molecule has 1 unspecified atom stereocenters. The molecule has 1 atom stereocenters. The van der Waals surface area contributed by atoms with Crippen molar-refractivity contribution in [3.05, 3.63) is 46.0 Å². The van der Waals surface area contributed by atoms with Crippen molar-refractivity contribution < 1.29 is 14.5 Å². The van der Waals surface area contributed by atoms with Gasteiger partial charge in [0.05, 0.1) is 16.6 Å². The van der Waals surface area contributed by atoms with Crippen LogP contribution in [0.4, 0.5) is 5.69 Å². The lowest BCUT2D eigenvalue weighted by atomic mass is 10.1. The Bertz CT molecular complexity index is 522. The van der Waals surface area contributed by atoms with Crippen LogP contribution >= 0.6 is 0 Å². The highest BCUT2D eigenvalue weighted by Gasteiger charge is 2.15. The summed E-state index contributed by atoms with van der Waals surface area (Å²) in [6.45, 7) is 1.21. The maximum atomic E-state index is 11.6. The number of hydrogen-bond donors (Lipinski definition) is 1. The van der Waals surface area contributed by atoms with E-state index in [1.807, 2.05) is 0 Å². The number of amides is 1. The SMILES string of the molecule is O=C(/C=C/c1ccccc1[N+](=O)[O-])NCC1CCCO1. The van der Waals surface area contributed by atoms with E-state index in [1.165, 1.54) is 18.2 Å². The summed E-state index contributed by atoms with van der Waals surface area (Å²) in [5.41, 5.74) is 0.389. The van der Waals surface area contributed by atoms with Crippen molar-refractivity contribution >= 4 is 17.7 Å². The number of rotatable bonds is 5. The molecule has 6 nitrogen and oxygen atoms in total. The van der Waals surface area contributed by atoms with E-state index in [-0.39, 0.29) is 17.7 Å². The summed E-state index contributed by atoms with van der Waals surface area (Å²) >= 11 is 0. The number of carbonyl (C=O) groups excluding carboxylic acids is 1. The van der Waals surface area contributed by atoms with Gasteiger partial charge in [0.25, 0.3) is 5.69 Å². The smallest absolute Gasteiger partial charge is 0.276 e. The summed E-state index contributed by atoms with van der Waals surface area (Å²) in [5.74, 6) is -0.279. The van der Waals surface area contributed by atoms with Crippen molar-refractivity contribution in [2.45, 2.75) is 18.9 Å². The molecule has 1 amide bonds. The zero-order valence-electron chi connectivity index (χ0n) is 11.0. The monoisotopic (exact) mass is 276 g/mol. The fourth-order valence-corrected chi connectivity index (χ4v) is 2.04. The van der Waals surface area contributed by atoms with Gasteiger partial charge in [0.2, 0.25) is 5.91 Å². The minimum absolute atomic E-state index is 0.0179. The third-order valence-corrected chi connectivity index (χ3v) is 3.08. The zero-order valence-corrected chi connectivity index (χ0v) is 11.0. The molecule has 1 saturated heterocycles. The topological polar surface area (TPSA) is 81.5 Å². The number of carbonyl (C=O) groups is 1. The number of nitrogens with zero attached hydrogens (tertiary/aromatic N) is 1. The highest BCUT2D eigenvalue weighted by atomic mass is 16.6. The molecule has 1 N–H and O–H groups in total. The number of benzene rings is 1. The van der Waals surface area contributed by atoms with Crippen LogP contribution in [0.15, 0.2) is 30.3 Å². The van der Waals surface area contributed by atoms with Crippen molar-refractivity contribution in [3.8, 4) is 0 Å². The van der Waals surface area contributed by atoms with E-state index in [9.17, 15) is 14.9 Å². The van der Waals surface area contributed by atoms with Gasteiger partial charge in [-0.25, -0.2) is 0 Å². The van der Waals surface area contributed by atoms with Crippen LogP contribution in [-0.4, -0.2) is 30.1 Å². The van der Waals surface area contributed by atoms with Crippen molar-refractivity contribution in [2.75, 3.05) is 13.2 Å². The molecule has 20 heavy (non-hydrogen) atoms. The third-order valence-electron chi connectivity index (χ3n) is 3.08. The number of para-hydroxylation sites is 1. The molecule has 1 aromatic rings. The third kappa shape index (κ3) is 3.89. The largest absolute Gasteiger partial charge is 0.376 e. The van der Waals surface area contributed by atoms with E-state index in [0.717, 1.165) is 19.4 Å². The minimum atomic E-state index is -0.468. The van der Waals surface area contributed by atoms with Crippen LogP contribution in [0.2, 0.25) is 0 Å². The number of ether oxygens (including phenoxy) is 1. The Labute approximate surface area is 116 Å². The molecule has 1 fully saturated rings. The Hall–Kier alpha value is -2.21. The summed E-state index contributed by atoms with van der Waals surface area (Å²) in [6.07, 6.45) is 4.81. The number of nitro groups is 1. The lowest BCUT2D eigenvalue weighted by Crippen LogP contribution is -2.30. The van der Waals surface area contributed by atoms with Crippen LogP contribution in [0.25, 0.3) is 6.08 Å². The molecular weight excluding hydrogens is 260 g/mol. The maximum Gasteiger partial charge on any atom is 0.276 e. The summed E-state index contributed by atoms with van der Waals surface area (Å²) in [4.78, 5) is 22.0. The van der Waals surface area contributed by atoms with Crippen LogP contribution in [0.1, 0.15) is 18.4 Å². The van der Waals surface area contributed by atoms with Gasteiger partial charge in [-0.3, -0.25) is 14.9 Å². The lowest BCUT2D eigenvalue weighted by molar-refractivity contribution is -0.385. The van der Waals surface area contributed by atoms with Crippen LogP contribution < -0.4 is 5.32 Å². The van der Waals surface area contributed by atoms with Crippen LogP contribution in [0.3, 0.4) is 0 Å². The van der Waals surface area contributed by atoms with E-state index in [2.05, 4.69) is 5.32 Å². The number of hydrogen-bond acceptors (Lipinski definition) is 4. The first-order valence-corrected chi connectivity index (χ1v) is 6.48. The molecule has 1 aliphatic heterocycles. The highest BCUT2D eigenvalue weighted by molar-refractivity contribution is 5.92. The van der Waals surface area contributed by atoms with Gasteiger partial charge in [-0.15, -0.1) is 0 Å². The Balaban J connectivity index is 1.91. The molecule has 0 aliphatic carbocycles. The van der Waals surface area contributed by atoms with Crippen molar-refractivity contribution in [2.24, 2.45) is 0 Å². The Kier molecular flexibility index (Phi) is 4.84. The quantitative estimate of drug-likeness (QED) is 0.506. The molecule has 0 aromatic heterocycles. The molecular formula is C14H16N2O4. The van der Waals surface area contributed by atoms with E-state index in [0.29, 0.717) is 12.1 Å². The van der Waals surface area contributed by atoms with Gasteiger partial charge in [0.1, 0.15) is 0 Å². The lowest BCUT2D eigenvalue weighted by Gasteiger charge is -2.08. The highest BCUT2D eigenvalue weighted by Crippen LogP contribution is 2.18. The second kappa shape index (κ2) is 6.81. The van der Waals surface area contributed by atoms with Gasteiger partial charge in [0, 0.05) is 25.3 Å². The Morgan fingerprint density at radius 1 is 1.50 bits per heavy atom. The molecule has 1 heterocycles. The molecule has 1 aliphatic rings. The molecule has 0 spiro atoms. The van der Waals surface area contributed by atoms with E-state index < -0.39 is 4.92 Å². The molecule has 0 saturated carbocycles. The molecule has 1 aromatic carbocycles. The molecule has 106 valence electrons. The van der Waals surface area contributed by atoms with Crippen LogP contribution in [-0.2, 0) is 9.53 Å². The second-order valence-electron chi connectivity index (χ2n) is 4.53. The Morgan fingerprint density at radius 2 is 2.30 bits per heavy atom. The molecule has 0 bridgehead atoms. The molecule has 0 radical (unpaired) electrons. The van der Waals surface area contributed by atoms with Crippen molar-refractivity contribution in [1.29, 1.82) is 0 Å². The van der Waals surface area contributed by atoms with Gasteiger partial charge in [-0.05, 0) is 25.0 Å². The minimum Gasteiger partial charge on any atom is -0.376 e. The van der Waals surface area contributed by atoms with Crippen LogP contribution in [0, 0.1) is 10.1 Å². The van der Waals surface area contributed by atoms with Gasteiger partial charge >= 0.3 is 0 Å². The van der Waals surface area contributed by atoms with E-state index in [4.69, 9.17) is 4.74 Å². The first-order valence-electron chi connectivity index (χ1n) is 6.48. The maximum absolute atomic E-state index is 11.6. The standard InChI is InChI=1S/C14H16N2O4/c17-14(15-10-12-5-3-9-20-12)8-7-11-4-1-2-6-13(11)16(18)19/h1-2,4,6-8,12H,3,5,9-10H2,(H,15,17)/b8-7+. The van der Waals surface area contributed by atoms with E-state index >= 15 is 0 Å². The first kappa shape index (κ1) is 14.2. The summed E-state index contributed by atoms with van der Waals surface area (Å²) < 4.78 is 5.39. The average molecular weight is 276 g/mol. The van der Waals surface area contributed by atoms with Gasteiger partial charge in [-0.2, -0.15) is 0 Å². The summed E-state index contributed by atoms with van der Waals surface area (Å²) in [7, 11) is 0. The molecule has 2 rings (SSSR count). The van der Waals surface area contributed by atoms with Gasteiger partial charge < -0.3 is 10.1 Å². The second-order valence-corrected chi connectivity index (χ2v) is 4.53. The van der Waals surface area contributed by atoms with Gasteiger partial charge in [0.15, 0.2) is 0 Å². The van der Waals surface area contributed by atoms with Crippen LogP contribution in [0.5, 0.6) is 0 Å². The summed E-state index contributed by atoms with van der Waals surface area (Å²) in [5, 5.41) is 13.5. The predicted molar refractivity (Wildman–Crippen MR) is 74.1 cm³/mol. The predicted octanol–water partition coefficient (Wildman–Crippen LogP) is 1.90. The fourth-order valence-electron chi connectivity index (χ4n) is 2.04. The van der Waals surface area contributed by atoms with Crippen molar-refractivity contribution in [3.63, 3.8) is 0 Å². The first-order chi connectivity index (χ1) is 9.66. The Morgan fingerprint density at radius 3 is 3.00 bits per heavy atom. The van der Waals surface area contributed by atoms with Gasteiger partial charge in [-0.1, -0.05) is 12.1 Å². The number of nitrogens with one attached hydrogen (secondary N) is 1. The fraction of sp³-hybridized carbons (Fsp3) is 0.357. The molecule has 6 heteroatoms. The normalized spacial score (nSPS) is 18.3. The van der Waals surface area contributed by atoms with E-state index in [1.54, 1.807) is 18.2 Å². The van der Waals surface area contributed by atoms with Crippen molar-refractivity contribution in [1.82, 2.24) is 5.32 Å². The number of nitro benzene ring substituents is 1. The summed E-state index contributed by atoms with van der Waals surface area (Å²) in [6, 6.07) is 6.29. The zero-order chi connectivity index (χ0) is 14.4.